The van der Waals surface area contributed by atoms with Crippen LogP contribution in [0.15, 0.2) is 54.9 Å². The second kappa shape index (κ2) is 9.22. The molecule has 2 aromatic heterocycles. The van der Waals surface area contributed by atoms with E-state index in [1.807, 2.05) is 18.2 Å². The summed E-state index contributed by atoms with van der Waals surface area (Å²) < 4.78 is 0. The standard InChI is InChI=1S/C24H31N5O/c1-16(2)21(15-30)28-23-27-20(17-10-12-25-13-11-17)14-22(29-23)26-19-8-6-18(7-9-19)24(3,4)5/h6-14,16,21,30H,15H2,1-5H3,(H2,26,27,28,29)/t21-/m0/s1. The first kappa shape index (κ1) is 21.7. The number of pyridine rings is 1. The Balaban J connectivity index is 1.93. The van der Waals surface area contributed by atoms with E-state index >= 15 is 0 Å². The number of hydrogen-bond donors (Lipinski definition) is 3. The lowest BCUT2D eigenvalue weighted by atomic mass is 9.87. The van der Waals surface area contributed by atoms with Gasteiger partial charge in [-0.3, -0.25) is 4.98 Å². The summed E-state index contributed by atoms with van der Waals surface area (Å²) in [5.74, 6) is 1.40. The maximum Gasteiger partial charge on any atom is 0.225 e. The molecule has 0 aliphatic heterocycles. The van der Waals surface area contributed by atoms with Gasteiger partial charge in [-0.1, -0.05) is 46.8 Å². The van der Waals surface area contributed by atoms with E-state index in [9.17, 15) is 5.11 Å². The van der Waals surface area contributed by atoms with Crippen molar-refractivity contribution in [3.63, 3.8) is 0 Å². The van der Waals surface area contributed by atoms with Crippen molar-refractivity contribution < 1.29 is 5.11 Å². The third-order valence-corrected chi connectivity index (χ3v) is 5.04. The van der Waals surface area contributed by atoms with Gasteiger partial charge in [0, 0.05) is 29.7 Å². The summed E-state index contributed by atoms with van der Waals surface area (Å²) in [5, 5.41) is 16.3. The first-order valence-electron chi connectivity index (χ1n) is 10.3. The molecule has 0 unspecified atom stereocenters. The quantitative estimate of drug-likeness (QED) is 0.513. The molecule has 3 rings (SSSR count). The number of rotatable bonds is 7. The Bertz CT molecular complexity index is 950. The normalized spacial score (nSPS) is 12.6. The highest BCUT2D eigenvalue weighted by Gasteiger charge is 2.16. The maximum atomic E-state index is 9.70. The van der Waals surface area contributed by atoms with Crippen LogP contribution in [0.1, 0.15) is 40.2 Å². The SMILES string of the molecule is CC(C)[C@H](CO)Nc1nc(Nc2ccc(C(C)(C)C)cc2)cc(-c2ccncc2)n1. The van der Waals surface area contributed by atoms with Crippen LogP contribution in [0.25, 0.3) is 11.3 Å². The average Bonchev–Trinajstić information content (AvgIpc) is 2.72. The number of aliphatic hydroxyl groups is 1. The van der Waals surface area contributed by atoms with Crippen LogP contribution in [0.2, 0.25) is 0 Å². The molecule has 0 spiro atoms. The van der Waals surface area contributed by atoms with Crippen molar-refractivity contribution in [3.05, 3.63) is 60.4 Å². The summed E-state index contributed by atoms with van der Waals surface area (Å²) in [4.78, 5) is 13.4. The molecule has 2 heterocycles. The van der Waals surface area contributed by atoms with Gasteiger partial charge in [-0.15, -0.1) is 0 Å². The fraction of sp³-hybridized carbons (Fsp3) is 0.375. The maximum absolute atomic E-state index is 9.70. The van der Waals surface area contributed by atoms with Crippen LogP contribution in [0.5, 0.6) is 0 Å². The molecular formula is C24H31N5O. The molecular weight excluding hydrogens is 374 g/mol. The second-order valence-electron chi connectivity index (χ2n) is 8.83. The Morgan fingerprint density at radius 1 is 0.967 bits per heavy atom. The Hall–Kier alpha value is -2.99. The van der Waals surface area contributed by atoms with Gasteiger partial charge in [0.1, 0.15) is 5.82 Å². The van der Waals surface area contributed by atoms with Crippen LogP contribution in [0, 0.1) is 5.92 Å². The van der Waals surface area contributed by atoms with Crippen LogP contribution >= 0.6 is 0 Å². The van der Waals surface area contributed by atoms with Crippen LogP contribution in [-0.4, -0.2) is 32.7 Å². The third kappa shape index (κ3) is 5.54. The van der Waals surface area contributed by atoms with Crippen LogP contribution < -0.4 is 10.6 Å². The van der Waals surface area contributed by atoms with Crippen LogP contribution in [-0.2, 0) is 5.41 Å². The highest BCUT2D eigenvalue weighted by molar-refractivity contribution is 5.67. The Kier molecular flexibility index (Phi) is 6.67. The van der Waals surface area contributed by atoms with E-state index in [2.05, 4.69) is 84.5 Å². The van der Waals surface area contributed by atoms with Crippen molar-refractivity contribution in [3.8, 4) is 11.3 Å². The van der Waals surface area contributed by atoms with Gasteiger partial charge in [-0.25, -0.2) is 4.98 Å². The zero-order chi connectivity index (χ0) is 21.7. The molecule has 30 heavy (non-hydrogen) atoms. The molecule has 0 bridgehead atoms. The number of aliphatic hydroxyl groups excluding tert-OH is 1. The van der Waals surface area contributed by atoms with Crippen molar-refractivity contribution in [1.82, 2.24) is 15.0 Å². The molecule has 0 aliphatic carbocycles. The largest absolute Gasteiger partial charge is 0.394 e. The highest BCUT2D eigenvalue weighted by Crippen LogP contribution is 2.27. The number of benzene rings is 1. The molecule has 1 atom stereocenters. The van der Waals surface area contributed by atoms with E-state index in [0.29, 0.717) is 11.8 Å². The smallest absolute Gasteiger partial charge is 0.225 e. The molecule has 6 heteroatoms. The Morgan fingerprint density at radius 2 is 1.63 bits per heavy atom. The van der Waals surface area contributed by atoms with Gasteiger partial charge in [0.2, 0.25) is 5.95 Å². The minimum Gasteiger partial charge on any atom is -0.394 e. The van der Waals surface area contributed by atoms with E-state index in [1.54, 1.807) is 12.4 Å². The molecule has 6 nitrogen and oxygen atoms in total. The molecule has 0 saturated carbocycles. The number of anilines is 3. The summed E-state index contributed by atoms with van der Waals surface area (Å²) in [6.07, 6.45) is 3.49. The lowest BCUT2D eigenvalue weighted by Gasteiger charge is -2.21. The van der Waals surface area contributed by atoms with Gasteiger partial charge in [0.15, 0.2) is 0 Å². The predicted molar refractivity (Wildman–Crippen MR) is 123 cm³/mol. The van der Waals surface area contributed by atoms with E-state index < -0.39 is 0 Å². The third-order valence-electron chi connectivity index (χ3n) is 5.04. The molecule has 0 saturated heterocycles. The number of nitrogens with one attached hydrogen (secondary N) is 2. The molecule has 3 aromatic rings. The molecule has 0 radical (unpaired) electrons. The lowest BCUT2D eigenvalue weighted by Crippen LogP contribution is -2.30. The number of hydrogen-bond acceptors (Lipinski definition) is 6. The predicted octanol–water partition coefficient (Wildman–Crippen LogP) is 5.01. The summed E-state index contributed by atoms with van der Waals surface area (Å²) in [6.45, 7) is 10.7. The van der Waals surface area contributed by atoms with Gasteiger partial charge in [0.05, 0.1) is 18.3 Å². The highest BCUT2D eigenvalue weighted by atomic mass is 16.3. The zero-order valence-corrected chi connectivity index (χ0v) is 18.3. The fourth-order valence-electron chi connectivity index (χ4n) is 3.04. The first-order chi connectivity index (χ1) is 14.3. The molecule has 0 amide bonds. The van der Waals surface area contributed by atoms with Gasteiger partial charge in [0.25, 0.3) is 0 Å². The van der Waals surface area contributed by atoms with Crippen LogP contribution in [0.4, 0.5) is 17.5 Å². The van der Waals surface area contributed by atoms with E-state index in [1.165, 1.54) is 5.56 Å². The van der Waals surface area contributed by atoms with Crippen molar-refractivity contribution >= 4 is 17.5 Å². The summed E-state index contributed by atoms with van der Waals surface area (Å²) >= 11 is 0. The van der Waals surface area contributed by atoms with Gasteiger partial charge in [-0.2, -0.15) is 4.98 Å². The average molecular weight is 406 g/mol. The molecule has 1 aromatic carbocycles. The number of aromatic nitrogens is 3. The zero-order valence-electron chi connectivity index (χ0n) is 18.3. The monoisotopic (exact) mass is 405 g/mol. The van der Waals surface area contributed by atoms with Crippen molar-refractivity contribution in [1.29, 1.82) is 0 Å². The fourth-order valence-corrected chi connectivity index (χ4v) is 3.04. The molecule has 3 N–H and O–H groups in total. The molecule has 0 aliphatic rings. The van der Waals surface area contributed by atoms with Crippen molar-refractivity contribution in [2.45, 2.75) is 46.1 Å². The summed E-state index contributed by atoms with van der Waals surface area (Å²) in [5.41, 5.74) is 4.07. The van der Waals surface area contributed by atoms with Gasteiger partial charge >= 0.3 is 0 Å². The second-order valence-corrected chi connectivity index (χ2v) is 8.83. The van der Waals surface area contributed by atoms with Crippen molar-refractivity contribution in [2.75, 3.05) is 17.2 Å². The first-order valence-corrected chi connectivity index (χ1v) is 10.3. The van der Waals surface area contributed by atoms with Crippen molar-refractivity contribution in [2.24, 2.45) is 5.92 Å². The molecule has 0 fully saturated rings. The lowest BCUT2D eigenvalue weighted by molar-refractivity contribution is 0.248. The topological polar surface area (TPSA) is 83.0 Å². The van der Waals surface area contributed by atoms with Gasteiger partial charge in [-0.05, 0) is 41.2 Å². The van der Waals surface area contributed by atoms with Gasteiger partial charge < -0.3 is 15.7 Å². The summed E-state index contributed by atoms with van der Waals surface area (Å²) in [6, 6.07) is 14.0. The minimum absolute atomic E-state index is 0.0114. The summed E-state index contributed by atoms with van der Waals surface area (Å²) in [7, 11) is 0. The minimum atomic E-state index is -0.128. The van der Waals surface area contributed by atoms with E-state index in [0.717, 1.165) is 16.9 Å². The Morgan fingerprint density at radius 3 is 2.20 bits per heavy atom. The Labute approximate surface area is 178 Å². The number of nitrogens with zero attached hydrogens (tertiary/aromatic N) is 3. The molecule has 158 valence electrons. The van der Waals surface area contributed by atoms with Crippen LogP contribution in [0.3, 0.4) is 0 Å². The van der Waals surface area contributed by atoms with E-state index in [4.69, 9.17) is 0 Å². The van der Waals surface area contributed by atoms with E-state index in [-0.39, 0.29) is 24.0 Å².